The van der Waals surface area contributed by atoms with Gasteiger partial charge < -0.3 is 4.43 Å². The van der Waals surface area contributed by atoms with Gasteiger partial charge in [0.2, 0.25) is 8.32 Å². The van der Waals surface area contributed by atoms with E-state index in [-0.39, 0.29) is 6.10 Å². The summed E-state index contributed by atoms with van der Waals surface area (Å²) in [6, 6.07) is 0. The molecule has 0 fully saturated rings. The minimum Gasteiger partial charge on any atom is -0.409 e. The van der Waals surface area contributed by atoms with Crippen LogP contribution in [-0.4, -0.2) is 14.4 Å². The smallest absolute Gasteiger partial charge is 0.201 e. The Kier molecular flexibility index (Phi) is 7.03. The highest BCUT2D eigenvalue weighted by molar-refractivity contribution is 6.77. The first kappa shape index (κ1) is 16.7. The predicted octanol–water partition coefficient (Wildman–Crippen LogP) is 5.31. The molecule has 1 atom stereocenters. The fourth-order valence-corrected chi connectivity index (χ4v) is 8.56. The lowest BCUT2D eigenvalue weighted by atomic mass is 10.2. The van der Waals surface area contributed by atoms with Gasteiger partial charge in [-0.3, -0.25) is 0 Å². The molecule has 0 amide bonds. The van der Waals surface area contributed by atoms with Crippen molar-refractivity contribution in [3.63, 3.8) is 0 Å². The van der Waals surface area contributed by atoms with Crippen molar-refractivity contribution in [3.8, 4) is 0 Å². The van der Waals surface area contributed by atoms with Gasteiger partial charge in [0.05, 0.1) is 6.10 Å². The Morgan fingerprint density at radius 2 is 1.35 bits per heavy atom. The largest absolute Gasteiger partial charge is 0.409 e. The monoisotopic (exact) mass is 254 g/mol. The summed E-state index contributed by atoms with van der Waals surface area (Å²) in [4.78, 5) is 0. The Balaban J connectivity index is 5.15. The second-order valence-corrected chi connectivity index (χ2v) is 11.1. The predicted molar refractivity (Wildman–Crippen MR) is 80.9 cm³/mol. The average Bonchev–Trinajstić information content (AvgIpc) is 2.22. The molecule has 0 radical (unpaired) electrons. The van der Waals surface area contributed by atoms with E-state index in [1.54, 1.807) is 0 Å². The van der Waals surface area contributed by atoms with Gasteiger partial charge in [0, 0.05) is 0 Å². The van der Waals surface area contributed by atoms with E-state index in [4.69, 9.17) is 4.43 Å². The van der Waals surface area contributed by atoms with E-state index >= 15 is 0 Å². The summed E-state index contributed by atoms with van der Waals surface area (Å²) in [6.07, 6.45) is 4.85. The maximum Gasteiger partial charge on any atom is 0.201 e. The Hall–Kier alpha value is -0.343. The third-order valence-electron chi connectivity index (χ3n) is 3.72. The molecule has 0 saturated heterocycles. The van der Waals surface area contributed by atoms with E-state index in [1.165, 1.54) is 0 Å². The molecule has 0 heterocycles. The van der Waals surface area contributed by atoms with Crippen molar-refractivity contribution >= 4 is 8.32 Å². The highest BCUT2D eigenvalue weighted by Crippen LogP contribution is 2.43. The van der Waals surface area contributed by atoms with Crippen molar-refractivity contribution in [2.24, 2.45) is 0 Å². The molecular weight excluding hydrogens is 224 g/mol. The molecule has 0 aromatic rings. The van der Waals surface area contributed by atoms with Crippen LogP contribution in [0.2, 0.25) is 16.6 Å². The molecule has 1 nitrogen and oxygen atoms in total. The van der Waals surface area contributed by atoms with Crippen molar-refractivity contribution in [3.05, 3.63) is 25.3 Å². The summed E-state index contributed by atoms with van der Waals surface area (Å²) in [6.45, 7) is 21.5. The van der Waals surface area contributed by atoms with Crippen molar-refractivity contribution in [2.75, 3.05) is 0 Å². The third kappa shape index (κ3) is 3.82. The first-order chi connectivity index (χ1) is 7.82. The molecule has 0 bridgehead atoms. The summed E-state index contributed by atoms with van der Waals surface area (Å²) in [5.41, 5.74) is 1.86. The zero-order valence-corrected chi connectivity index (χ0v) is 13.5. The van der Waals surface area contributed by atoms with E-state index < -0.39 is 8.32 Å². The van der Waals surface area contributed by atoms with Crippen LogP contribution in [0.5, 0.6) is 0 Å². The van der Waals surface area contributed by atoms with Crippen LogP contribution in [0, 0.1) is 0 Å². The first-order valence-electron chi connectivity index (χ1n) is 6.74. The molecule has 2 heteroatoms. The topological polar surface area (TPSA) is 9.23 Å². The molecule has 0 aliphatic heterocycles. The van der Waals surface area contributed by atoms with Gasteiger partial charge in [-0.1, -0.05) is 53.7 Å². The summed E-state index contributed by atoms with van der Waals surface area (Å²) < 4.78 is 6.56. The molecule has 0 aromatic heterocycles. The van der Waals surface area contributed by atoms with Gasteiger partial charge in [-0.2, -0.15) is 0 Å². The standard InChI is InChI=1S/C15H30OSi/c1-9-11-15(10-2)16-17(12(3)4,13(5)6)14(7)8/h9-10,12-15H,1-2,11H2,3-8H3. The van der Waals surface area contributed by atoms with E-state index in [0.29, 0.717) is 16.6 Å². The van der Waals surface area contributed by atoms with Gasteiger partial charge in [-0.15, -0.1) is 13.2 Å². The second kappa shape index (κ2) is 7.17. The molecular formula is C15H30OSi. The molecule has 0 aliphatic rings. The van der Waals surface area contributed by atoms with Crippen LogP contribution in [0.3, 0.4) is 0 Å². The molecule has 0 rings (SSSR count). The zero-order chi connectivity index (χ0) is 13.6. The number of hydrogen-bond donors (Lipinski definition) is 0. The molecule has 1 unspecified atom stereocenters. The van der Waals surface area contributed by atoms with Gasteiger partial charge in [-0.05, 0) is 23.0 Å². The van der Waals surface area contributed by atoms with E-state index in [1.807, 2.05) is 12.2 Å². The summed E-state index contributed by atoms with van der Waals surface area (Å²) in [5.74, 6) is 0. The van der Waals surface area contributed by atoms with Crippen LogP contribution in [0.25, 0.3) is 0 Å². The van der Waals surface area contributed by atoms with Crippen LogP contribution in [0.15, 0.2) is 25.3 Å². The van der Waals surface area contributed by atoms with Crippen LogP contribution >= 0.6 is 0 Å². The highest BCUT2D eigenvalue weighted by atomic mass is 28.4. The first-order valence-corrected chi connectivity index (χ1v) is 8.88. The third-order valence-corrected chi connectivity index (χ3v) is 9.85. The molecule has 0 aromatic carbocycles. The fourth-order valence-electron chi connectivity index (χ4n) is 3.03. The van der Waals surface area contributed by atoms with Gasteiger partial charge in [0.15, 0.2) is 0 Å². The molecule has 0 spiro atoms. The molecule has 0 N–H and O–H groups in total. The van der Waals surface area contributed by atoms with Gasteiger partial charge in [-0.25, -0.2) is 0 Å². The number of hydrogen-bond acceptors (Lipinski definition) is 1. The quantitative estimate of drug-likeness (QED) is 0.421. The Morgan fingerprint density at radius 3 is 1.59 bits per heavy atom. The summed E-state index contributed by atoms with van der Waals surface area (Å²) >= 11 is 0. The Bertz CT molecular complexity index is 222. The Labute approximate surface area is 109 Å². The molecule has 100 valence electrons. The zero-order valence-electron chi connectivity index (χ0n) is 12.5. The minimum atomic E-state index is -1.77. The summed E-state index contributed by atoms with van der Waals surface area (Å²) in [7, 11) is -1.77. The fraction of sp³-hybridized carbons (Fsp3) is 0.733. The van der Waals surface area contributed by atoms with Crippen LogP contribution in [0.4, 0.5) is 0 Å². The maximum atomic E-state index is 6.56. The average molecular weight is 254 g/mol. The van der Waals surface area contributed by atoms with Crippen LogP contribution < -0.4 is 0 Å². The second-order valence-electron chi connectivity index (χ2n) is 5.73. The van der Waals surface area contributed by atoms with Crippen LogP contribution in [-0.2, 0) is 4.43 Å². The lowest BCUT2D eigenvalue weighted by molar-refractivity contribution is 0.219. The van der Waals surface area contributed by atoms with E-state index in [2.05, 4.69) is 54.7 Å². The van der Waals surface area contributed by atoms with Crippen molar-refractivity contribution < 1.29 is 4.43 Å². The van der Waals surface area contributed by atoms with Crippen molar-refractivity contribution in [2.45, 2.75) is 70.7 Å². The number of rotatable bonds is 8. The maximum absolute atomic E-state index is 6.56. The van der Waals surface area contributed by atoms with Crippen molar-refractivity contribution in [1.29, 1.82) is 0 Å². The van der Waals surface area contributed by atoms with Crippen LogP contribution in [0.1, 0.15) is 48.0 Å². The van der Waals surface area contributed by atoms with E-state index in [0.717, 1.165) is 6.42 Å². The lowest BCUT2D eigenvalue weighted by Crippen LogP contribution is -2.49. The van der Waals surface area contributed by atoms with Crippen molar-refractivity contribution in [1.82, 2.24) is 0 Å². The van der Waals surface area contributed by atoms with E-state index in [9.17, 15) is 0 Å². The molecule has 0 aliphatic carbocycles. The van der Waals surface area contributed by atoms with Gasteiger partial charge in [0.25, 0.3) is 0 Å². The van der Waals surface area contributed by atoms with Gasteiger partial charge in [0.1, 0.15) is 0 Å². The highest BCUT2D eigenvalue weighted by Gasteiger charge is 2.46. The minimum absolute atomic E-state index is 0.131. The SMILES string of the molecule is C=CCC(C=C)O[Si](C(C)C)(C(C)C)C(C)C. The molecule has 0 saturated carbocycles. The molecule has 17 heavy (non-hydrogen) atoms. The Morgan fingerprint density at radius 1 is 0.941 bits per heavy atom. The summed E-state index contributed by atoms with van der Waals surface area (Å²) in [5, 5.41) is 0. The van der Waals surface area contributed by atoms with Gasteiger partial charge >= 0.3 is 0 Å². The normalized spacial score (nSPS) is 14.4. The lowest BCUT2D eigenvalue weighted by Gasteiger charge is -2.44.